The van der Waals surface area contributed by atoms with Crippen LogP contribution < -0.4 is 5.73 Å². The van der Waals surface area contributed by atoms with E-state index in [0.717, 1.165) is 25.8 Å². The van der Waals surface area contributed by atoms with Crippen molar-refractivity contribution in [1.82, 2.24) is 9.80 Å². The Bertz CT molecular complexity index is 359. The van der Waals surface area contributed by atoms with Gasteiger partial charge in [-0.05, 0) is 25.2 Å². The van der Waals surface area contributed by atoms with Gasteiger partial charge in [0.1, 0.15) is 0 Å². The molecule has 0 bridgehead atoms. The Morgan fingerprint density at radius 3 is 2.58 bits per heavy atom. The van der Waals surface area contributed by atoms with Gasteiger partial charge in [0, 0.05) is 39.1 Å². The molecule has 2 amide bonds. The molecule has 0 aromatic carbocycles. The van der Waals surface area contributed by atoms with E-state index >= 15 is 0 Å². The Balaban J connectivity index is 2.01. The van der Waals surface area contributed by atoms with Crippen LogP contribution in [0.25, 0.3) is 0 Å². The van der Waals surface area contributed by atoms with Crippen LogP contribution in [0.1, 0.15) is 33.1 Å². The van der Waals surface area contributed by atoms with Crippen molar-refractivity contribution in [1.29, 1.82) is 0 Å². The van der Waals surface area contributed by atoms with Crippen LogP contribution in [0.2, 0.25) is 0 Å². The minimum absolute atomic E-state index is 0.0248. The van der Waals surface area contributed by atoms with Gasteiger partial charge in [-0.1, -0.05) is 6.92 Å². The van der Waals surface area contributed by atoms with Gasteiger partial charge >= 0.3 is 0 Å². The van der Waals surface area contributed by atoms with E-state index < -0.39 is 0 Å². The van der Waals surface area contributed by atoms with Crippen LogP contribution in [0, 0.1) is 11.8 Å². The summed E-state index contributed by atoms with van der Waals surface area (Å²) in [5.41, 5.74) is 5.84. The molecule has 19 heavy (non-hydrogen) atoms. The molecule has 5 nitrogen and oxygen atoms in total. The second-order valence-electron chi connectivity index (χ2n) is 5.90. The summed E-state index contributed by atoms with van der Waals surface area (Å²) in [6, 6.07) is 0.174. The second-order valence-corrected chi connectivity index (χ2v) is 5.90. The molecule has 2 rings (SSSR count). The number of hydrogen-bond acceptors (Lipinski definition) is 3. The van der Waals surface area contributed by atoms with E-state index in [2.05, 4.69) is 6.92 Å². The highest BCUT2D eigenvalue weighted by atomic mass is 16.2. The summed E-state index contributed by atoms with van der Waals surface area (Å²) >= 11 is 0. The average Bonchev–Trinajstić information content (AvgIpc) is 2.87. The first-order valence-electron chi connectivity index (χ1n) is 7.30. The zero-order valence-corrected chi connectivity index (χ0v) is 12.0. The Morgan fingerprint density at radius 2 is 2.00 bits per heavy atom. The number of nitrogens with two attached hydrogens (primary N) is 1. The lowest BCUT2D eigenvalue weighted by atomic mass is 9.89. The third-order valence-electron chi connectivity index (χ3n) is 4.62. The number of rotatable bonds is 2. The summed E-state index contributed by atoms with van der Waals surface area (Å²) in [6.45, 7) is 6.39. The summed E-state index contributed by atoms with van der Waals surface area (Å²) in [6.07, 6.45) is 3.00. The Labute approximate surface area is 115 Å². The largest absolute Gasteiger partial charge is 0.342 e. The van der Waals surface area contributed by atoms with Crippen LogP contribution in [-0.2, 0) is 9.59 Å². The summed E-state index contributed by atoms with van der Waals surface area (Å²) in [5, 5.41) is 0. The first kappa shape index (κ1) is 14.3. The van der Waals surface area contributed by atoms with Crippen molar-refractivity contribution >= 4 is 11.8 Å². The standard InChI is InChI=1S/C14H25N3O2/c1-10-4-3-6-17(13(10)8-15)14(19)12-5-7-16(9-12)11(2)18/h10,12-13H,3-9,15H2,1-2H3/t10-,12+,13-/m1/s1. The Kier molecular flexibility index (Phi) is 4.45. The van der Waals surface area contributed by atoms with Gasteiger partial charge in [0.15, 0.2) is 0 Å². The normalized spacial score (nSPS) is 31.6. The smallest absolute Gasteiger partial charge is 0.227 e. The maximum absolute atomic E-state index is 12.6. The van der Waals surface area contributed by atoms with Crippen LogP contribution in [0.4, 0.5) is 0 Å². The highest BCUT2D eigenvalue weighted by Gasteiger charge is 2.37. The molecule has 3 atom stereocenters. The summed E-state index contributed by atoms with van der Waals surface area (Å²) in [4.78, 5) is 27.7. The number of hydrogen-bond donors (Lipinski definition) is 1. The summed E-state index contributed by atoms with van der Waals surface area (Å²) in [7, 11) is 0. The SMILES string of the molecule is CC(=O)N1CC[C@H](C(=O)N2CCC[C@@H](C)[C@H]2CN)C1. The van der Waals surface area contributed by atoms with Crippen LogP contribution in [0.15, 0.2) is 0 Å². The number of nitrogens with zero attached hydrogens (tertiary/aromatic N) is 2. The fourth-order valence-electron chi connectivity index (χ4n) is 3.36. The van der Waals surface area contributed by atoms with Crippen LogP contribution in [-0.4, -0.2) is 53.8 Å². The van der Waals surface area contributed by atoms with E-state index in [-0.39, 0.29) is 23.8 Å². The van der Waals surface area contributed by atoms with Crippen molar-refractivity contribution in [2.24, 2.45) is 17.6 Å². The summed E-state index contributed by atoms with van der Waals surface area (Å²) in [5.74, 6) is 0.722. The topological polar surface area (TPSA) is 66.6 Å². The molecule has 0 unspecified atom stereocenters. The molecule has 0 aliphatic carbocycles. The number of amides is 2. The third kappa shape index (κ3) is 2.91. The molecule has 2 saturated heterocycles. The second kappa shape index (κ2) is 5.90. The van der Waals surface area contributed by atoms with E-state index in [1.165, 1.54) is 0 Å². The molecule has 0 aromatic heterocycles. The van der Waals surface area contributed by atoms with E-state index in [4.69, 9.17) is 5.73 Å². The third-order valence-corrected chi connectivity index (χ3v) is 4.62. The van der Waals surface area contributed by atoms with Gasteiger partial charge < -0.3 is 15.5 Å². The molecule has 2 N–H and O–H groups in total. The van der Waals surface area contributed by atoms with Gasteiger partial charge in [-0.15, -0.1) is 0 Å². The lowest BCUT2D eigenvalue weighted by Gasteiger charge is -2.40. The highest BCUT2D eigenvalue weighted by Crippen LogP contribution is 2.27. The van der Waals surface area contributed by atoms with Gasteiger partial charge in [-0.2, -0.15) is 0 Å². The molecule has 5 heteroatoms. The van der Waals surface area contributed by atoms with Crippen molar-refractivity contribution in [2.75, 3.05) is 26.2 Å². The molecular weight excluding hydrogens is 242 g/mol. The molecule has 0 radical (unpaired) electrons. The van der Waals surface area contributed by atoms with Crippen molar-refractivity contribution < 1.29 is 9.59 Å². The molecule has 108 valence electrons. The molecule has 0 aromatic rings. The zero-order valence-electron chi connectivity index (χ0n) is 12.0. The minimum Gasteiger partial charge on any atom is -0.342 e. The van der Waals surface area contributed by atoms with Crippen molar-refractivity contribution in [2.45, 2.75) is 39.2 Å². The maximum atomic E-state index is 12.6. The zero-order chi connectivity index (χ0) is 14.0. The number of likely N-dealkylation sites (tertiary alicyclic amines) is 2. The maximum Gasteiger partial charge on any atom is 0.227 e. The molecule has 0 saturated carbocycles. The van der Waals surface area contributed by atoms with Crippen molar-refractivity contribution in [3.8, 4) is 0 Å². The Hall–Kier alpha value is -1.10. The van der Waals surface area contributed by atoms with Crippen LogP contribution in [0.3, 0.4) is 0 Å². The van der Waals surface area contributed by atoms with Gasteiger partial charge in [-0.3, -0.25) is 9.59 Å². The molecule has 2 aliphatic heterocycles. The highest BCUT2D eigenvalue weighted by molar-refractivity contribution is 5.82. The average molecular weight is 267 g/mol. The summed E-state index contributed by atoms with van der Waals surface area (Å²) < 4.78 is 0. The van der Waals surface area contributed by atoms with E-state index in [1.807, 2.05) is 4.90 Å². The fourth-order valence-corrected chi connectivity index (χ4v) is 3.36. The predicted octanol–water partition coefficient (Wildman–Crippen LogP) is 0.441. The molecular formula is C14H25N3O2. The number of carbonyl (C=O) groups excluding carboxylic acids is 2. The van der Waals surface area contributed by atoms with E-state index in [9.17, 15) is 9.59 Å². The molecule has 2 aliphatic rings. The monoisotopic (exact) mass is 267 g/mol. The lowest BCUT2D eigenvalue weighted by Crippen LogP contribution is -2.53. The van der Waals surface area contributed by atoms with Crippen molar-refractivity contribution in [3.63, 3.8) is 0 Å². The quantitative estimate of drug-likeness (QED) is 0.789. The number of carbonyl (C=O) groups is 2. The lowest BCUT2D eigenvalue weighted by molar-refractivity contribution is -0.140. The Morgan fingerprint density at radius 1 is 1.26 bits per heavy atom. The molecule has 2 fully saturated rings. The first-order chi connectivity index (χ1) is 9.04. The van der Waals surface area contributed by atoms with Crippen LogP contribution in [0.5, 0.6) is 0 Å². The predicted molar refractivity (Wildman–Crippen MR) is 73.3 cm³/mol. The van der Waals surface area contributed by atoms with Gasteiger partial charge in [0.2, 0.25) is 11.8 Å². The number of piperidine rings is 1. The van der Waals surface area contributed by atoms with E-state index in [0.29, 0.717) is 25.6 Å². The first-order valence-corrected chi connectivity index (χ1v) is 7.30. The molecule has 0 spiro atoms. The molecule has 2 heterocycles. The minimum atomic E-state index is -0.0248. The van der Waals surface area contributed by atoms with E-state index in [1.54, 1.807) is 11.8 Å². The van der Waals surface area contributed by atoms with Crippen LogP contribution >= 0.6 is 0 Å². The van der Waals surface area contributed by atoms with Gasteiger partial charge in [0.05, 0.1) is 5.92 Å². The van der Waals surface area contributed by atoms with Crippen molar-refractivity contribution in [3.05, 3.63) is 0 Å². The van der Waals surface area contributed by atoms with Gasteiger partial charge in [-0.25, -0.2) is 0 Å². The fraction of sp³-hybridized carbons (Fsp3) is 0.857. The van der Waals surface area contributed by atoms with Gasteiger partial charge in [0.25, 0.3) is 0 Å².